The van der Waals surface area contributed by atoms with E-state index in [1.807, 2.05) is 0 Å². The van der Waals surface area contributed by atoms with Crippen LogP contribution in [0.4, 0.5) is 5.82 Å². The second-order valence-electron chi connectivity index (χ2n) is 8.78. The zero-order chi connectivity index (χ0) is 21.6. The fourth-order valence-corrected chi connectivity index (χ4v) is 4.00. The summed E-state index contributed by atoms with van der Waals surface area (Å²) in [6.07, 6.45) is -0.694. The Morgan fingerprint density at radius 2 is 2.03 bits per heavy atom. The van der Waals surface area contributed by atoms with Crippen molar-refractivity contribution in [1.82, 2.24) is 19.5 Å². The average molecular weight is 424 g/mol. The minimum Gasteiger partial charge on any atom is -0.457 e. The Labute approximate surface area is 170 Å². The highest BCUT2D eigenvalue weighted by molar-refractivity contribution is 6.74. The number of aromatic nitrogens is 4. The maximum atomic E-state index is 11.6. The lowest BCUT2D eigenvalue weighted by atomic mass is 10.1. The zero-order valence-electron chi connectivity index (χ0n) is 17.6. The van der Waals surface area contributed by atoms with Gasteiger partial charge in [0.25, 0.3) is 0 Å². The minimum absolute atomic E-state index is 0.00947. The van der Waals surface area contributed by atoms with Gasteiger partial charge < -0.3 is 24.7 Å². The number of esters is 1. The summed E-state index contributed by atoms with van der Waals surface area (Å²) < 4.78 is 19.3. The second-order valence-corrected chi connectivity index (χ2v) is 13.6. The number of carbonyl (C=O) groups excluding carboxylic acids is 1. The number of carbonyl (C=O) groups is 1. The van der Waals surface area contributed by atoms with Crippen molar-refractivity contribution in [2.45, 2.75) is 70.4 Å². The van der Waals surface area contributed by atoms with Crippen molar-refractivity contribution < 1.29 is 23.8 Å². The lowest BCUT2D eigenvalue weighted by Crippen LogP contribution is -2.45. The van der Waals surface area contributed by atoms with Crippen LogP contribution < -0.4 is 5.73 Å². The Bertz CT molecular complexity index is 896. The van der Waals surface area contributed by atoms with Crippen molar-refractivity contribution in [3.05, 3.63) is 12.7 Å². The molecule has 4 atom stereocenters. The van der Waals surface area contributed by atoms with Crippen molar-refractivity contribution in [3.63, 3.8) is 0 Å². The monoisotopic (exact) mass is 423 g/mol. The van der Waals surface area contributed by atoms with Crippen LogP contribution in [0.5, 0.6) is 0 Å². The van der Waals surface area contributed by atoms with Gasteiger partial charge in [0.05, 0.1) is 12.9 Å². The van der Waals surface area contributed by atoms with Crippen LogP contribution in [0.25, 0.3) is 11.2 Å². The number of hydrogen-bond donors (Lipinski definition) is 2. The molecule has 0 unspecified atom stereocenters. The van der Waals surface area contributed by atoms with Crippen LogP contribution in [0.1, 0.15) is 33.9 Å². The molecule has 0 spiro atoms. The van der Waals surface area contributed by atoms with E-state index in [-0.39, 0.29) is 17.5 Å². The lowest BCUT2D eigenvalue weighted by Gasteiger charge is -2.37. The number of aliphatic hydroxyl groups excluding tert-OH is 1. The van der Waals surface area contributed by atoms with Crippen molar-refractivity contribution in [2.75, 3.05) is 12.3 Å². The predicted molar refractivity (Wildman–Crippen MR) is 108 cm³/mol. The molecule has 1 aliphatic rings. The van der Waals surface area contributed by atoms with Gasteiger partial charge >= 0.3 is 5.97 Å². The van der Waals surface area contributed by atoms with Gasteiger partial charge in [0, 0.05) is 6.92 Å². The molecule has 1 saturated heterocycles. The largest absolute Gasteiger partial charge is 0.457 e. The van der Waals surface area contributed by atoms with Gasteiger partial charge in [-0.05, 0) is 18.1 Å². The van der Waals surface area contributed by atoms with Crippen LogP contribution in [0.15, 0.2) is 12.7 Å². The van der Waals surface area contributed by atoms with Gasteiger partial charge in [-0.2, -0.15) is 0 Å². The third-order valence-corrected chi connectivity index (χ3v) is 10.2. The highest BCUT2D eigenvalue weighted by atomic mass is 28.4. The van der Waals surface area contributed by atoms with Gasteiger partial charge in [-0.25, -0.2) is 15.0 Å². The lowest BCUT2D eigenvalue weighted by molar-refractivity contribution is -0.153. The molecule has 0 saturated carbocycles. The van der Waals surface area contributed by atoms with Crippen LogP contribution in [-0.4, -0.2) is 63.8 Å². The summed E-state index contributed by atoms with van der Waals surface area (Å²) >= 11 is 0. The highest BCUT2D eigenvalue weighted by Gasteiger charge is 2.49. The molecule has 2 aromatic heterocycles. The smallest absolute Gasteiger partial charge is 0.303 e. The Balaban J connectivity index is 1.87. The first-order valence-electron chi connectivity index (χ1n) is 9.50. The molecule has 11 heteroatoms. The number of fused-ring (bicyclic) bond motifs is 1. The molecule has 0 aromatic carbocycles. The number of nitrogen functional groups attached to an aromatic ring is 1. The molecule has 2 aromatic rings. The molecule has 0 bridgehead atoms. The quantitative estimate of drug-likeness (QED) is 0.543. The Hall–Kier alpha value is -2.08. The number of aliphatic hydroxyl groups is 1. The summed E-state index contributed by atoms with van der Waals surface area (Å²) in [6.45, 7) is 12.2. The second kappa shape index (κ2) is 7.63. The molecular weight excluding hydrogens is 394 g/mol. The van der Waals surface area contributed by atoms with E-state index in [0.29, 0.717) is 11.2 Å². The Morgan fingerprint density at radius 3 is 2.66 bits per heavy atom. The standard InChI is InChI=1S/C18H29N5O5Si/c1-10(24)27-14-11(7-26-29(5,6)18(2,3)4)28-17(13(14)25)23-9-22-12-15(19)20-8-21-16(12)23/h8-9,11,13-14,17,25H,7H2,1-6H3,(H2,19,20,21)/t11-,13-,14-,17-/m1/s1. The van der Waals surface area contributed by atoms with E-state index < -0.39 is 38.8 Å². The molecule has 10 nitrogen and oxygen atoms in total. The number of nitrogens with zero attached hydrogens (tertiary/aromatic N) is 4. The molecule has 29 heavy (non-hydrogen) atoms. The number of anilines is 1. The minimum atomic E-state index is -2.06. The maximum Gasteiger partial charge on any atom is 0.303 e. The highest BCUT2D eigenvalue weighted by Crippen LogP contribution is 2.39. The van der Waals surface area contributed by atoms with Gasteiger partial charge in [0.1, 0.15) is 24.1 Å². The van der Waals surface area contributed by atoms with Gasteiger partial charge in [-0.15, -0.1) is 0 Å². The van der Waals surface area contributed by atoms with Crippen molar-refractivity contribution >= 4 is 31.3 Å². The fraction of sp³-hybridized carbons (Fsp3) is 0.667. The molecule has 0 aliphatic carbocycles. The Morgan fingerprint density at radius 1 is 1.34 bits per heavy atom. The topological polar surface area (TPSA) is 135 Å². The van der Waals surface area contributed by atoms with E-state index in [2.05, 4.69) is 48.8 Å². The molecular formula is C18H29N5O5Si. The average Bonchev–Trinajstić information content (AvgIpc) is 3.15. The first-order chi connectivity index (χ1) is 13.4. The van der Waals surface area contributed by atoms with Crippen LogP contribution in [-0.2, 0) is 18.7 Å². The van der Waals surface area contributed by atoms with Crippen molar-refractivity contribution in [3.8, 4) is 0 Å². The van der Waals surface area contributed by atoms with E-state index in [4.69, 9.17) is 19.6 Å². The summed E-state index contributed by atoms with van der Waals surface area (Å²) in [5.74, 6) is -0.270. The van der Waals surface area contributed by atoms with Crippen LogP contribution in [0.3, 0.4) is 0 Å². The third-order valence-electron chi connectivity index (χ3n) is 5.69. The van der Waals surface area contributed by atoms with Crippen LogP contribution >= 0.6 is 0 Å². The van der Waals surface area contributed by atoms with Crippen LogP contribution in [0.2, 0.25) is 18.1 Å². The summed E-state index contributed by atoms with van der Waals surface area (Å²) in [7, 11) is -2.06. The van der Waals surface area contributed by atoms with E-state index in [1.54, 1.807) is 4.57 Å². The summed E-state index contributed by atoms with van der Waals surface area (Å²) in [5, 5.41) is 10.9. The predicted octanol–water partition coefficient (Wildman–Crippen LogP) is 1.62. The molecule has 3 N–H and O–H groups in total. The summed E-state index contributed by atoms with van der Waals surface area (Å²) in [4.78, 5) is 24.0. The summed E-state index contributed by atoms with van der Waals surface area (Å²) in [6, 6.07) is 0. The molecule has 3 rings (SSSR count). The SMILES string of the molecule is CC(=O)O[C@H]1[C@@H](O)[C@H](n2cnc3c(N)ncnc32)O[C@@H]1CO[Si](C)(C)C(C)(C)C. The molecule has 3 heterocycles. The van der Waals surface area contributed by atoms with E-state index in [9.17, 15) is 9.90 Å². The maximum absolute atomic E-state index is 11.6. The number of ether oxygens (including phenoxy) is 2. The molecule has 1 fully saturated rings. The molecule has 0 radical (unpaired) electrons. The summed E-state index contributed by atoms with van der Waals surface area (Å²) in [5.41, 5.74) is 6.68. The van der Waals surface area contributed by atoms with E-state index >= 15 is 0 Å². The number of rotatable bonds is 5. The fourth-order valence-electron chi connectivity index (χ4n) is 2.98. The van der Waals surface area contributed by atoms with Crippen molar-refractivity contribution in [2.24, 2.45) is 0 Å². The zero-order valence-corrected chi connectivity index (χ0v) is 18.6. The Kier molecular flexibility index (Phi) is 5.69. The number of imidazole rings is 1. The van der Waals surface area contributed by atoms with Gasteiger partial charge in [0.15, 0.2) is 32.1 Å². The first kappa shape index (κ1) is 21.6. The molecule has 1 aliphatic heterocycles. The number of hydrogen-bond acceptors (Lipinski definition) is 9. The third kappa shape index (κ3) is 4.13. The van der Waals surface area contributed by atoms with E-state index in [1.165, 1.54) is 19.6 Å². The van der Waals surface area contributed by atoms with E-state index in [0.717, 1.165) is 0 Å². The van der Waals surface area contributed by atoms with Gasteiger partial charge in [-0.3, -0.25) is 9.36 Å². The van der Waals surface area contributed by atoms with Gasteiger partial charge in [0.2, 0.25) is 0 Å². The first-order valence-corrected chi connectivity index (χ1v) is 12.4. The number of nitrogens with two attached hydrogens (primary N) is 1. The van der Waals surface area contributed by atoms with Crippen LogP contribution in [0, 0.1) is 0 Å². The normalized spacial score (nSPS) is 25.5. The van der Waals surface area contributed by atoms with Gasteiger partial charge in [-0.1, -0.05) is 20.8 Å². The molecule has 160 valence electrons. The molecule has 0 amide bonds. The van der Waals surface area contributed by atoms with Crippen molar-refractivity contribution in [1.29, 1.82) is 0 Å².